The zero-order valence-electron chi connectivity index (χ0n) is 30.7. The summed E-state index contributed by atoms with van der Waals surface area (Å²) < 4.78 is 0. The number of nitrogens with zero attached hydrogens (tertiary/aromatic N) is 10. The quantitative estimate of drug-likeness (QED) is 0.161. The van der Waals surface area contributed by atoms with Gasteiger partial charge in [0.2, 0.25) is 0 Å². The monoisotopic (exact) mass is 1050 g/mol. The summed E-state index contributed by atoms with van der Waals surface area (Å²) in [6, 6.07) is 34.2. The molecule has 6 heterocycles. The Morgan fingerprint density at radius 1 is 0.596 bits per heavy atom. The maximum absolute atomic E-state index is 4.40. The van der Waals surface area contributed by atoms with Gasteiger partial charge in [0.15, 0.2) is 0 Å². The van der Waals surface area contributed by atoms with Crippen LogP contribution in [0.25, 0.3) is 0 Å². The molecule has 0 bridgehead atoms. The standard InChI is InChI=1S/2C13H11N3.2C7H11N2.2Pt/c2*1-15-10-16(11-6-3-2-4-7-11)13-12(15)8-5-9-14-13;2*1-5(2)7-4-6(3)8-9-7;;/h2*2-6,8-10H,1H3;2*4-5H,1-3H3;;/q2*-2;2*-1;;. The molecule has 2 aromatic carbocycles. The van der Waals surface area contributed by atoms with Crippen LogP contribution < -0.4 is 29.8 Å². The van der Waals surface area contributed by atoms with Gasteiger partial charge in [-0.15, -0.1) is 22.8 Å². The minimum atomic E-state index is 0. The largest absolute Gasteiger partial charge is 0.579 e. The average Bonchev–Trinajstić information content (AvgIpc) is 3.93. The van der Waals surface area contributed by atoms with E-state index in [0.29, 0.717) is 11.8 Å². The minimum absolute atomic E-state index is 0. The first-order valence-electron chi connectivity index (χ1n) is 16.6. The number of aromatic nitrogens is 6. The summed E-state index contributed by atoms with van der Waals surface area (Å²) >= 11 is 0. The molecule has 0 amide bonds. The maximum Gasteiger partial charge on any atom is 0.124 e. The van der Waals surface area contributed by atoms with Crippen molar-refractivity contribution in [2.24, 2.45) is 0 Å². The summed E-state index contributed by atoms with van der Waals surface area (Å²) in [6.45, 7) is 16.4. The molecule has 4 aromatic heterocycles. The van der Waals surface area contributed by atoms with Crippen LogP contribution >= 0.6 is 0 Å². The van der Waals surface area contributed by atoms with Gasteiger partial charge in [0.25, 0.3) is 0 Å². The molecule has 8 rings (SSSR count). The van der Waals surface area contributed by atoms with E-state index >= 15 is 0 Å². The van der Waals surface area contributed by atoms with Crippen molar-refractivity contribution in [2.75, 3.05) is 33.7 Å². The van der Waals surface area contributed by atoms with E-state index in [1.807, 2.05) is 136 Å². The number of para-hydroxylation sites is 2. The fourth-order valence-corrected chi connectivity index (χ4v) is 5.08. The molecule has 0 spiro atoms. The molecule has 0 N–H and O–H groups in total. The smallest absolute Gasteiger partial charge is 0.124 e. The fourth-order valence-electron chi connectivity index (χ4n) is 5.08. The normalized spacial score (nSPS) is 12.3. The molecule has 0 atom stereocenters. The number of hydrogen-bond acceptors (Lipinski definition) is 8. The summed E-state index contributed by atoms with van der Waals surface area (Å²) in [5.41, 5.74) is 8.44. The molecule has 10 nitrogen and oxygen atoms in total. The summed E-state index contributed by atoms with van der Waals surface area (Å²) in [6.07, 6.45) is 3.61. The van der Waals surface area contributed by atoms with E-state index in [2.05, 4.69) is 92.1 Å². The van der Waals surface area contributed by atoms with Crippen molar-refractivity contribution in [3.63, 3.8) is 0 Å². The number of pyridine rings is 2. The van der Waals surface area contributed by atoms with Crippen molar-refractivity contribution in [1.29, 1.82) is 0 Å². The molecule has 0 aliphatic carbocycles. The molecule has 280 valence electrons. The van der Waals surface area contributed by atoms with E-state index in [9.17, 15) is 0 Å². The molecule has 52 heavy (non-hydrogen) atoms. The third-order valence-electron chi connectivity index (χ3n) is 7.77. The third-order valence-corrected chi connectivity index (χ3v) is 7.77. The Bertz CT molecular complexity index is 1770. The molecule has 6 aromatic rings. The van der Waals surface area contributed by atoms with Gasteiger partial charge in [-0.3, -0.25) is 0 Å². The van der Waals surface area contributed by atoms with Crippen LogP contribution in [0.4, 0.5) is 34.4 Å². The first-order valence-corrected chi connectivity index (χ1v) is 16.6. The Hall–Kier alpha value is -4.26. The molecule has 0 unspecified atom stereocenters. The van der Waals surface area contributed by atoms with Crippen LogP contribution in [-0.2, 0) is 42.1 Å². The van der Waals surface area contributed by atoms with Crippen LogP contribution in [0.15, 0.2) is 97.3 Å². The number of benzene rings is 2. The van der Waals surface area contributed by atoms with Crippen molar-refractivity contribution in [3.05, 3.63) is 146 Å². The predicted octanol–water partition coefficient (Wildman–Crippen LogP) is 8.11. The Kier molecular flexibility index (Phi) is 16.3. The molecule has 0 saturated heterocycles. The van der Waals surface area contributed by atoms with Crippen LogP contribution in [0.2, 0.25) is 0 Å². The van der Waals surface area contributed by atoms with Crippen LogP contribution in [0.5, 0.6) is 0 Å². The van der Waals surface area contributed by atoms with Gasteiger partial charge >= 0.3 is 0 Å². The van der Waals surface area contributed by atoms with Gasteiger partial charge in [-0.05, 0) is 50.2 Å². The Morgan fingerprint density at radius 2 is 1.00 bits per heavy atom. The predicted molar refractivity (Wildman–Crippen MR) is 201 cm³/mol. The van der Waals surface area contributed by atoms with Gasteiger partial charge in [-0.2, -0.15) is 74.0 Å². The zero-order chi connectivity index (χ0) is 35.6. The van der Waals surface area contributed by atoms with Crippen LogP contribution in [0, 0.1) is 39.3 Å². The molecule has 2 aliphatic rings. The van der Waals surface area contributed by atoms with Gasteiger partial charge in [-0.25, -0.2) is 9.97 Å². The first-order chi connectivity index (χ1) is 24.1. The van der Waals surface area contributed by atoms with Crippen molar-refractivity contribution in [3.8, 4) is 0 Å². The van der Waals surface area contributed by atoms with Crippen molar-refractivity contribution in [2.45, 2.75) is 53.4 Å². The minimum Gasteiger partial charge on any atom is -0.579 e. The Balaban J connectivity index is 0.000000192. The van der Waals surface area contributed by atoms with E-state index in [-0.39, 0.29) is 42.1 Å². The second-order valence-corrected chi connectivity index (χ2v) is 12.5. The number of anilines is 6. The fraction of sp³-hybridized carbons (Fsp3) is 0.250. The molecule has 0 fully saturated rings. The van der Waals surface area contributed by atoms with Crippen molar-refractivity contribution in [1.82, 2.24) is 30.4 Å². The number of fused-ring (bicyclic) bond motifs is 2. The second kappa shape index (κ2) is 20.1. The van der Waals surface area contributed by atoms with Crippen LogP contribution in [-0.4, -0.2) is 34.3 Å². The average molecular weight is 1060 g/mol. The van der Waals surface area contributed by atoms with Gasteiger partial charge in [0.05, 0.1) is 0 Å². The molecule has 0 saturated carbocycles. The van der Waals surface area contributed by atoms with Gasteiger partial charge in [-0.1, -0.05) is 53.7 Å². The van der Waals surface area contributed by atoms with E-state index in [4.69, 9.17) is 0 Å². The zero-order valence-corrected chi connectivity index (χ0v) is 35.2. The topological polar surface area (TPSA) is 92.7 Å². The van der Waals surface area contributed by atoms with E-state index in [1.54, 1.807) is 0 Å². The number of aryl methyl sites for hydroxylation is 2. The van der Waals surface area contributed by atoms with Crippen LogP contribution in [0.3, 0.4) is 0 Å². The summed E-state index contributed by atoms with van der Waals surface area (Å²) in [5.74, 6) is 2.91. The molecule has 2 aliphatic heterocycles. The van der Waals surface area contributed by atoms with Gasteiger partial charge < -0.3 is 40.0 Å². The van der Waals surface area contributed by atoms with Crippen LogP contribution in [0.1, 0.15) is 62.3 Å². The molecular weight excluding hydrogens is 1010 g/mol. The van der Waals surface area contributed by atoms with E-state index in [1.165, 1.54) is 0 Å². The maximum atomic E-state index is 4.40. The van der Waals surface area contributed by atoms with Crippen molar-refractivity contribution < 1.29 is 42.1 Å². The first kappa shape index (κ1) is 42.2. The summed E-state index contributed by atoms with van der Waals surface area (Å²) in [4.78, 5) is 17.0. The van der Waals surface area contributed by atoms with Crippen molar-refractivity contribution >= 4 is 34.4 Å². The Labute approximate surface area is 337 Å². The molecular formula is C40H44N10Pt2-6. The number of hydrogen-bond donors (Lipinski definition) is 0. The Morgan fingerprint density at radius 3 is 1.29 bits per heavy atom. The number of rotatable bonds is 4. The van der Waals surface area contributed by atoms with Gasteiger partial charge in [0, 0.05) is 77.3 Å². The summed E-state index contributed by atoms with van der Waals surface area (Å²) in [7, 11) is 4.03. The second-order valence-electron chi connectivity index (χ2n) is 12.5. The summed E-state index contributed by atoms with van der Waals surface area (Å²) in [5, 5.41) is 15.7. The van der Waals surface area contributed by atoms with E-state index < -0.39 is 0 Å². The molecule has 12 heteroatoms. The SMILES string of the molecule is CN1[CH-]N(c2[c-]cccc2)c2ncccc21.CN1[CH-]N(c2[c-]cccc2)c2ncccc21.Cc1cc(C(C)C)n[n-]1.Cc1cc(C(C)C)n[n-]1.[Pt].[Pt]. The third kappa shape index (κ3) is 10.9. The van der Waals surface area contributed by atoms with E-state index in [0.717, 1.165) is 57.2 Å². The van der Waals surface area contributed by atoms with Gasteiger partial charge in [0.1, 0.15) is 11.6 Å². The molecule has 0 radical (unpaired) electrons.